The van der Waals surface area contributed by atoms with Crippen molar-refractivity contribution < 1.29 is 19.2 Å². The molecule has 3 rings (SSSR count). The molecule has 29 heavy (non-hydrogen) atoms. The zero-order chi connectivity index (χ0) is 20.8. The number of carboxylic acid groups (broad SMARTS) is 1. The van der Waals surface area contributed by atoms with Gasteiger partial charge >= 0.3 is 5.97 Å². The quantitative estimate of drug-likeness (QED) is 0.499. The van der Waals surface area contributed by atoms with Gasteiger partial charge in [-0.3, -0.25) is 4.79 Å². The second kappa shape index (κ2) is 9.54. The topological polar surface area (TPSA) is 97.5 Å². The molecule has 3 aromatic rings. The Morgan fingerprint density at radius 2 is 1.93 bits per heavy atom. The van der Waals surface area contributed by atoms with Crippen molar-refractivity contribution in [2.75, 3.05) is 6.54 Å². The van der Waals surface area contributed by atoms with Crippen molar-refractivity contribution in [1.29, 1.82) is 0 Å². The summed E-state index contributed by atoms with van der Waals surface area (Å²) in [6.07, 6.45) is 0.128. The number of hydrogen-bond acceptors (Lipinski definition) is 6. The molecule has 0 atom stereocenters. The molecule has 2 N–H and O–H groups in total. The van der Waals surface area contributed by atoms with E-state index in [0.29, 0.717) is 35.6 Å². The maximum absolute atomic E-state index is 10.5. The average molecular weight is 416 g/mol. The average Bonchev–Trinajstić information content (AvgIpc) is 3.17. The van der Waals surface area contributed by atoms with E-state index in [-0.39, 0.29) is 12.5 Å². The fourth-order valence-corrected chi connectivity index (χ4v) is 2.87. The Labute approximate surface area is 173 Å². The van der Waals surface area contributed by atoms with Crippen LogP contribution in [0.2, 0.25) is 5.02 Å². The second-order valence-electron chi connectivity index (χ2n) is 6.75. The largest absolute Gasteiger partial charge is 0.489 e. The summed E-state index contributed by atoms with van der Waals surface area (Å²) in [4.78, 5) is 15.0. The van der Waals surface area contributed by atoms with Crippen molar-refractivity contribution in [2.45, 2.75) is 32.9 Å². The van der Waals surface area contributed by atoms with Gasteiger partial charge in [0.05, 0.1) is 17.5 Å². The molecule has 1 heterocycles. The monoisotopic (exact) mass is 415 g/mol. The van der Waals surface area contributed by atoms with Gasteiger partial charge in [0, 0.05) is 24.2 Å². The number of rotatable bonds is 9. The lowest BCUT2D eigenvalue weighted by atomic mass is 10.1. The third-order valence-corrected chi connectivity index (χ3v) is 4.32. The minimum absolute atomic E-state index is 0.0328. The van der Waals surface area contributed by atoms with Crippen LogP contribution in [0.3, 0.4) is 0 Å². The van der Waals surface area contributed by atoms with Crippen molar-refractivity contribution in [2.24, 2.45) is 0 Å². The van der Waals surface area contributed by atoms with E-state index < -0.39 is 5.97 Å². The van der Waals surface area contributed by atoms with Gasteiger partial charge in [0.2, 0.25) is 5.82 Å². The lowest BCUT2D eigenvalue weighted by Gasteiger charge is -2.11. The molecule has 8 heteroatoms. The molecule has 0 aliphatic carbocycles. The Hall–Kier alpha value is -2.90. The SMILES string of the molecule is CC(C)Oc1ccc(-c2noc(-c3ccc(CNCCC(=O)O)cc3)n2)cc1Cl. The van der Waals surface area contributed by atoms with Gasteiger partial charge in [0.25, 0.3) is 5.89 Å². The van der Waals surface area contributed by atoms with Crippen molar-refractivity contribution in [3.63, 3.8) is 0 Å². The van der Waals surface area contributed by atoms with E-state index in [4.69, 9.17) is 26.0 Å². The van der Waals surface area contributed by atoms with Crippen LogP contribution in [0, 0.1) is 0 Å². The minimum Gasteiger partial charge on any atom is -0.489 e. The lowest BCUT2D eigenvalue weighted by molar-refractivity contribution is -0.136. The lowest BCUT2D eigenvalue weighted by Crippen LogP contribution is -2.17. The van der Waals surface area contributed by atoms with Gasteiger partial charge in [0.15, 0.2) is 0 Å². The standard InChI is InChI=1S/C21H22ClN3O4/c1-13(2)28-18-8-7-16(11-17(18)22)20-24-21(29-25-20)15-5-3-14(4-6-15)12-23-10-9-19(26)27/h3-8,11,13,23H,9-10,12H2,1-2H3,(H,26,27). The summed E-state index contributed by atoms with van der Waals surface area (Å²) in [6.45, 7) is 4.89. The van der Waals surface area contributed by atoms with Crippen LogP contribution >= 0.6 is 11.6 Å². The molecular weight excluding hydrogens is 394 g/mol. The van der Waals surface area contributed by atoms with Crippen molar-refractivity contribution >= 4 is 17.6 Å². The molecule has 0 saturated carbocycles. The highest BCUT2D eigenvalue weighted by molar-refractivity contribution is 6.32. The van der Waals surface area contributed by atoms with Crippen LogP contribution in [-0.2, 0) is 11.3 Å². The Balaban J connectivity index is 1.66. The van der Waals surface area contributed by atoms with Crippen molar-refractivity contribution in [3.05, 3.63) is 53.1 Å². The number of nitrogens with zero attached hydrogens (tertiary/aromatic N) is 2. The molecule has 2 aromatic carbocycles. The predicted octanol–water partition coefficient (Wildman–Crippen LogP) is 4.41. The normalized spacial score (nSPS) is 11.0. The molecule has 152 valence electrons. The van der Waals surface area contributed by atoms with Gasteiger partial charge in [0.1, 0.15) is 5.75 Å². The second-order valence-corrected chi connectivity index (χ2v) is 7.16. The Bertz CT molecular complexity index is 970. The first-order chi connectivity index (χ1) is 13.9. The van der Waals surface area contributed by atoms with E-state index >= 15 is 0 Å². The predicted molar refractivity (Wildman–Crippen MR) is 110 cm³/mol. The maximum Gasteiger partial charge on any atom is 0.304 e. The summed E-state index contributed by atoms with van der Waals surface area (Å²) >= 11 is 6.28. The number of ether oxygens (including phenoxy) is 1. The number of halogens is 1. The molecule has 0 bridgehead atoms. The zero-order valence-electron chi connectivity index (χ0n) is 16.2. The van der Waals surface area contributed by atoms with Gasteiger partial charge in [-0.25, -0.2) is 0 Å². The summed E-state index contributed by atoms with van der Waals surface area (Å²) in [7, 11) is 0. The molecule has 0 aliphatic heterocycles. The third kappa shape index (κ3) is 5.79. The first-order valence-electron chi connectivity index (χ1n) is 9.24. The van der Waals surface area contributed by atoms with E-state index in [9.17, 15) is 4.79 Å². The molecule has 0 fully saturated rings. The fourth-order valence-electron chi connectivity index (χ4n) is 2.64. The fraction of sp³-hybridized carbons (Fsp3) is 0.286. The van der Waals surface area contributed by atoms with Crippen molar-refractivity contribution in [3.8, 4) is 28.6 Å². The third-order valence-electron chi connectivity index (χ3n) is 4.02. The molecule has 7 nitrogen and oxygen atoms in total. The van der Waals surface area contributed by atoms with Crippen LogP contribution in [0.5, 0.6) is 5.75 Å². The summed E-state index contributed by atoms with van der Waals surface area (Å²) in [5.41, 5.74) is 2.57. The first-order valence-corrected chi connectivity index (χ1v) is 9.62. The van der Waals surface area contributed by atoms with Crippen LogP contribution in [0.4, 0.5) is 0 Å². The van der Waals surface area contributed by atoms with Gasteiger partial charge in [-0.15, -0.1) is 0 Å². The molecule has 0 spiro atoms. The highest BCUT2D eigenvalue weighted by atomic mass is 35.5. The first kappa shape index (κ1) is 20.8. The Morgan fingerprint density at radius 3 is 2.59 bits per heavy atom. The number of hydrogen-bond donors (Lipinski definition) is 2. The molecule has 0 unspecified atom stereocenters. The maximum atomic E-state index is 10.5. The zero-order valence-corrected chi connectivity index (χ0v) is 16.9. The van der Waals surface area contributed by atoms with E-state index in [2.05, 4.69) is 15.5 Å². The number of aromatic nitrogens is 2. The number of carbonyl (C=O) groups is 1. The molecule has 0 amide bonds. The summed E-state index contributed by atoms with van der Waals surface area (Å²) in [5, 5.41) is 16.3. The van der Waals surface area contributed by atoms with Gasteiger partial charge in [-0.1, -0.05) is 28.9 Å². The van der Waals surface area contributed by atoms with Crippen LogP contribution in [0.25, 0.3) is 22.8 Å². The highest BCUT2D eigenvalue weighted by Gasteiger charge is 2.13. The van der Waals surface area contributed by atoms with E-state index in [1.165, 1.54) is 0 Å². The number of benzene rings is 2. The number of carboxylic acids is 1. The summed E-state index contributed by atoms with van der Waals surface area (Å²) < 4.78 is 11.0. The number of aliphatic carboxylic acids is 1. The molecule has 0 aliphatic rings. The van der Waals surface area contributed by atoms with Crippen LogP contribution in [-0.4, -0.2) is 33.9 Å². The highest BCUT2D eigenvalue weighted by Crippen LogP contribution is 2.31. The molecular formula is C21H22ClN3O4. The summed E-state index contributed by atoms with van der Waals surface area (Å²) in [5.74, 6) is 0.645. The summed E-state index contributed by atoms with van der Waals surface area (Å²) in [6, 6.07) is 13.0. The van der Waals surface area contributed by atoms with E-state index in [1.807, 2.05) is 44.2 Å². The van der Waals surface area contributed by atoms with Crippen LogP contribution < -0.4 is 10.1 Å². The van der Waals surface area contributed by atoms with Crippen LogP contribution in [0.1, 0.15) is 25.8 Å². The van der Waals surface area contributed by atoms with Gasteiger partial charge < -0.3 is 19.7 Å². The molecule has 1 aromatic heterocycles. The minimum atomic E-state index is -0.816. The Kier molecular flexibility index (Phi) is 6.85. The number of nitrogens with one attached hydrogen (secondary N) is 1. The van der Waals surface area contributed by atoms with E-state index in [1.54, 1.807) is 12.1 Å². The van der Waals surface area contributed by atoms with Crippen molar-refractivity contribution in [1.82, 2.24) is 15.5 Å². The van der Waals surface area contributed by atoms with E-state index in [0.717, 1.165) is 16.7 Å². The molecule has 0 saturated heterocycles. The van der Waals surface area contributed by atoms with Gasteiger partial charge in [-0.2, -0.15) is 4.98 Å². The Morgan fingerprint density at radius 1 is 1.21 bits per heavy atom. The molecule has 0 radical (unpaired) electrons. The smallest absolute Gasteiger partial charge is 0.304 e. The van der Waals surface area contributed by atoms with Crippen LogP contribution in [0.15, 0.2) is 47.0 Å². The van der Waals surface area contributed by atoms with Gasteiger partial charge in [-0.05, 0) is 49.7 Å².